The van der Waals surface area contributed by atoms with Gasteiger partial charge in [-0.3, -0.25) is 0 Å². The van der Waals surface area contributed by atoms with Crippen LogP contribution in [0.1, 0.15) is 0 Å². The molecule has 1 fully saturated rings. The SMILES string of the molecule is [N-]=[N+]=NCCN1C[C@H](CO)[C@@H](C(F)(F)F)C1. The second-order valence-corrected chi connectivity index (χ2v) is 3.80. The van der Waals surface area contributed by atoms with Gasteiger partial charge in [-0.1, -0.05) is 5.11 Å². The van der Waals surface area contributed by atoms with Crippen molar-refractivity contribution >= 4 is 0 Å². The standard InChI is InChI=1S/C8H13F3N4O/c9-8(10,11)7-4-15(2-1-13-14-12)3-6(7)5-16/h6-7,16H,1-5H2/t6-,7+/m1/s1. The first-order valence-electron chi connectivity index (χ1n) is 4.89. The maximum Gasteiger partial charge on any atom is 0.393 e. The molecule has 92 valence electrons. The Morgan fingerprint density at radius 2 is 2.12 bits per heavy atom. The zero-order valence-electron chi connectivity index (χ0n) is 8.56. The molecule has 1 rings (SSSR count). The van der Waals surface area contributed by atoms with E-state index < -0.39 is 24.6 Å². The normalized spacial score (nSPS) is 26.8. The van der Waals surface area contributed by atoms with Crippen LogP contribution in [0.25, 0.3) is 10.4 Å². The number of halogens is 3. The van der Waals surface area contributed by atoms with Crippen LogP contribution in [0.2, 0.25) is 0 Å². The Morgan fingerprint density at radius 1 is 1.44 bits per heavy atom. The van der Waals surface area contributed by atoms with Crippen molar-refractivity contribution in [3.8, 4) is 0 Å². The van der Waals surface area contributed by atoms with Crippen LogP contribution >= 0.6 is 0 Å². The van der Waals surface area contributed by atoms with Gasteiger partial charge in [0.15, 0.2) is 0 Å². The number of rotatable bonds is 4. The van der Waals surface area contributed by atoms with Gasteiger partial charge in [0, 0.05) is 43.6 Å². The lowest BCUT2D eigenvalue weighted by molar-refractivity contribution is -0.183. The number of hydrogen-bond acceptors (Lipinski definition) is 3. The van der Waals surface area contributed by atoms with Gasteiger partial charge in [-0.15, -0.1) is 0 Å². The number of likely N-dealkylation sites (tertiary alicyclic amines) is 1. The summed E-state index contributed by atoms with van der Waals surface area (Å²) >= 11 is 0. The van der Waals surface area contributed by atoms with Crippen molar-refractivity contribution in [2.24, 2.45) is 17.0 Å². The van der Waals surface area contributed by atoms with Crippen LogP contribution in [-0.4, -0.2) is 49.0 Å². The third-order valence-corrected chi connectivity index (χ3v) is 2.75. The Hall–Kier alpha value is -0.980. The first-order chi connectivity index (χ1) is 7.49. The fourth-order valence-electron chi connectivity index (χ4n) is 1.93. The minimum absolute atomic E-state index is 0.129. The maximum atomic E-state index is 12.5. The Balaban J connectivity index is 2.53. The first kappa shape index (κ1) is 13.1. The molecule has 8 heteroatoms. The molecule has 1 heterocycles. The van der Waals surface area contributed by atoms with Crippen molar-refractivity contribution in [2.75, 3.05) is 32.8 Å². The number of aliphatic hydroxyl groups is 1. The summed E-state index contributed by atoms with van der Waals surface area (Å²) in [4.78, 5) is 4.09. The highest BCUT2D eigenvalue weighted by atomic mass is 19.4. The summed E-state index contributed by atoms with van der Waals surface area (Å²) in [5, 5.41) is 12.1. The highest BCUT2D eigenvalue weighted by molar-refractivity contribution is 4.88. The Labute approximate surface area is 90.5 Å². The molecule has 0 saturated carbocycles. The summed E-state index contributed by atoms with van der Waals surface area (Å²) < 4.78 is 37.6. The average molecular weight is 238 g/mol. The molecule has 16 heavy (non-hydrogen) atoms. The number of aliphatic hydroxyl groups excluding tert-OH is 1. The van der Waals surface area contributed by atoms with Crippen molar-refractivity contribution in [1.29, 1.82) is 0 Å². The largest absolute Gasteiger partial charge is 0.396 e. The summed E-state index contributed by atoms with van der Waals surface area (Å²) in [5.74, 6) is -2.25. The molecular formula is C8H13F3N4O. The molecule has 1 aliphatic rings. The number of nitrogens with zero attached hydrogens (tertiary/aromatic N) is 4. The van der Waals surface area contributed by atoms with E-state index in [2.05, 4.69) is 10.0 Å². The summed E-state index contributed by atoms with van der Waals surface area (Å²) in [6.45, 7) is 0.0475. The van der Waals surface area contributed by atoms with Crippen LogP contribution in [0.3, 0.4) is 0 Å². The van der Waals surface area contributed by atoms with Gasteiger partial charge in [0.2, 0.25) is 0 Å². The van der Waals surface area contributed by atoms with Crippen molar-refractivity contribution in [3.63, 3.8) is 0 Å². The highest BCUT2D eigenvalue weighted by Gasteiger charge is 2.48. The minimum atomic E-state index is -4.28. The van der Waals surface area contributed by atoms with Gasteiger partial charge < -0.3 is 10.0 Å². The van der Waals surface area contributed by atoms with Crippen LogP contribution in [0.4, 0.5) is 13.2 Å². The van der Waals surface area contributed by atoms with Crippen LogP contribution in [0.5, 0.6) is 0 Å². The lowest BCUT2D eigenvalue weighted by atomic mass is 9.97. The van der Waals surface area contributed by atoms with Crippen LogP contribution < -0.4 is 0 Å². The molecule has 0 spiro atoms. The lowest BCUT2D eigenvalue weighted by Crippen LogP contribution is -2.31. The van der Waals surface area contributed by atoms with E-state index in [-0.39, 0.29) is 19.6 Å². The zero-order chi connectivity index (χ0) is 12.2. The second-order valence-electron chi connectivity index (χ2n) is 3.80. The van der Waals surface area contributed by atoms with Gasteiger partial charge in [0.25, 0.3) is 0 Å². The Bertz CT molecular complexity index is 277. The van der Waals surface area contributed by atoms with Crippen LogP contribution in [-0.2, 0) is 0 Å². The molecule has 0 radical (unpaired) electrons. The van der Waals surface area contributed by atoms with Crippen molar-refractivity contribution in [1.82, 2.24) is 4.90 Å². The molecule has 1 aliphatic heterocycles. The van der Waals surface area contributed by atoms with E-state index in [1.807, 2.05) is 0 Å². The van der Waals surface area contributed by atoms with Gasteiger partial charge in [0.05, 0.1) is 5.92 Å². The summed E-state index contributed by atoms with van der Waals surface area (Å²) in [6.07, 6.45) is -4.28. The molecule has 0 unspecified atom stereocenters. The molecule has 0 aromatic heterocycles. The smallest absolute Gasteiger partial charge is 0.393 e. The number of hydrogen-bond donors (Lipinski definition) is 1. The summed E-state index contributed by atoms with van der Waals surface area (Å²) in [7, 11) is 0. The third kappa shape index (κ3) is 3.26. The second kappa shape index (κ2) is 5.38. The molecule has 5 nitrogen and oxygen atoms in total. The van der Waals surface area contributed by atoms with Crippen molar-refractivity contribution < 1.29 is 18.3 Å². The fourth-order valence-corrected chi connectivity index (χ4v) is 1.93. The Morgan fingerprint density at radius 3 is 2.56 bits per heavy atom. The Kier molecular flexibility index (Phi) is 4.40. The monoisotopic (exact) mass is 238 g/mol. The molecule has 0 bridgehead atoms. The first-order valence-corrected chi connectivity index (χ1v) is 4.89. The topological polar surface area (TPSA) is 72.2 Å². The van der Waals surface area contributed by atoms with Gasteiger partial charge in [-0.2, -0.15) is 13.2 Å². The highest BCUT2D eigenvalue weighted by Crippen LogP contribution is 2.37. The van der Waals surface area contributed by atoms with E-state index in [4.69, 9.17) is 10.6 Å². The maximum absolute atomic E-state index is 12.5. The summed E-state index contributed by atoms with van der Waals surface area (Å²) in [5.41, 5.74) is 8.04. The summed E-state index contributed by atoms with van der Waals surface area (Å²) in [6, 6.07) is 0. The van der Waals surface area contributed by atoms with Crippen molar-refractivity contribution in [3.05, 3.63) is 10.4 Å². The lowest BCUT2D eigenvalue weighted by Gasteiger charge is -2.19. The van der Waals surface area contributed by atoms with Gasteiger partial charge in [-0.05, 0) is 5.53 Å². The molecule has 0 aliphatic carbocycles. The molecule has 0 aromatic rings. The van der Waals surface area contributed by atoms with Gasteiger partial charge >= 0.3 is 6.18 Å². The van der Waals surface area contributed by atoms with Gasteiger partial charge in [-0.25, -0.2) is 0 Å². The quantitative estimate of drug-likeness (QED) is 0.456. The molecule has 1 N–H and O–H groups in total. The predicted molar refractivity (Wildman–Crippen MR) is 50.6 cm³/mol. The van der Waals surface area contributed by atoms with E-state index in [1.54, 1.807) is 4.90 Å². The van der Waals surface area contributed by atoms with E-state index >= 15 is 0 Å². The zero-order valence-corrected chi connectivity index (χ0v) is 8.56. The predicted octanol–water partition coefficient (Wildman–Crippen LogP) is 1.40. The molecule has 0 aromatic carbocycles. The number of alkyl halides is 3. The third-order valence-electron chi connectivity index (χ3n) is 2.75. The van der Waals surface area contributed by atoms with Crippen LogP contribution in [0.15, 0.2) is 5.11 Å². The van der Waals surface area contributed by atoms with E-state index in [1.165, 1.54) is 0 Å². The average Bonchev–Trinajstić information content (AvgIpc) is 2.61. The molecule has 1 saturated heterocycles. The molecule has 2 atom stereocenters. The minimum Gasteiger partial charge on any atom is -0.396 e. The fraction of sp³-hybridized carbons (Fsp3) is 1.00. The number of azide groups is 1. The van der Waals surface area contributed by atoms with Crippen LogP contribution in [0, 0.1) is 11.8 Å². The van der Waals surface area contributed by atoms with Gasteiger partial charge in [0.1, 0.15) is 0 Å². The van der Waals surface area contributed by atoms with E-state index in [9.17, 15) is 13.2 Å². The molecular weight excluding hydrogens is 225 g/mol. The van der Waals surface area contributed by atoms with E-state index in [0.717, 1.165) is 0 Å². The van der Waals surface area contributed by atoms with Crippen molar-refractivity contribution in [2.45, 2.75) is 6.18 Å². The van der Waals surface area contributed by atoms with E-state index in [0.29, 0.717) is 6.54 Å². The molecule has 0 amide bonds.